The predicted molar refractivity (Wildman–Crippen MR) is 79.3 cm³/mol. The lowest BCUT2D eigenvalue weighted by Gasteiger charge is -2.13. The van der Waals surface area contributed by atoms with Crippen molar-refractivity contribution >= 4 is 11.9 Å². The molecular weight excluding hydrogens is 268 g/mol. The first-order valence-corrected chi connectivity index (χ1v) is 6.78. The van der Waals surface area contributed by atoms with Crippen LogP contribution in [0.2, 0.25) is 0 Å². The fourth-order valence-corrected chi connectivity index (χ4v) is 2.12. The normalized spacial score (nSPS) is 11.9. The highest BCUT2D eigenvalue weighted by molar-refractivity contribution is 5.86. The topological polar surface area (TPSA) is 71.3 Å². The molecule has 0 saturated carbocycles. The molecule has 1 unspecified atom stereocenters. The Labute approximate surface area is 123 Å². The maximum absolute atomic E-state index is 11.9. The minimum absolute atomic E-state index is 0.0101. The van der Waals surface area contributed by atoms with Gasteiger partial charge < -0.3 is 15.0 Å². The number of carbonyl (C=O) groups excluding carboxylic acids is 1. The highest BCUT2D eigenvalue weighted by atomic mass is 16.4. The summed E-state index contributed by atoms with van der Waals surface area (Å²) in [6.07, 6.45) is 1.59. The van der Waals surface area contributed by atoms with E-state index in [1.165, 1.54) is 10.6 Å². The van der Waals surface area contributed by atoms with Crippen molar-refractivity contribution in [3.05, 3.63) is 59.9 Å². The fourth-order valence-electron chi connectivity index (χ4n) is 2.12. The summed E-state index contributed by atoms with van der Waals surface area (Å²) in [6.45, 7) is 2.57. The highest BCUT2D eigenvalue weighted by Gasteiger charge is 2.12. The van der Waals surface area contributed by atoms with Gasteiger partial charge >= 0.3 is 5.97 Å². The van der Waals surface area contributed by atoms with E-state index in [0.717, 1.165) is 5.56 Å². The largest absolute Gasteiger partial charge is 0.477 e. The molecule has 1 atom stereocenters. The van der Waals surface area contributed by atoms with Crippen molar-refractivity contribution in [3.63, 3.8) is 0 Å². The van der Waals surface area contributed by atoms with E-state index in [1.54, 1.807) is 12.3 Å². The van der Waals surface area contributed by atoms with Gasteiger partial charge in [0, 0.05) is 12.7 Å². The number of carboxylic acid groups (broad SMARTS) is 1. The highest BCUT2D eigenvalue weighted by Crippen LogP contribution is 2.13. The molecule has 0 aliphatic carbocycles. The Morgan fingerprint density at radius 1 is 1.19 bits per heavy atom. The van der Waals surface area contributed by atoms with E-state index in [0.29, 0.717) is 6.54 Å². The first-order valence-electron chi connectivity index (χ1n) is 6.78. The second-order valence-corrected chi connectivity index (χ2v) is 4.94. The van der Waals surface area contributed by atoms with Crippen molar-refractivity contribution in [2.45, 2.75) is 19.4 Å². The van der Waals surface area contributed by atoms with Crippen LogP contribution < -0.4 is 5.32 Å². The number of hydrogen-bond acceptors (Lipinski definition) is 2. The number of aromatic nitrogens is 1. The number of carbonyl (C=O) groups is 2. The third-order valence-electron chi connectivity index (χ3n) is 3.34. The van der Waals surface area contributed by atoms with Crippen LogP contribution in [0.4, 0.5) is 0 Å². The van der Waals surface area contributed by atoms with E-state index < -0.39 is 5.97 Å². The molecule has 21 heavy (non-hydrogen) atoms. The number of benzene rings is 1. The molecular formula is C16H18N2O3. The first-order chi connectivity index (χ1) is 10.1. The molecule has 1 amide bonds. The minimum atomic E-state index is -1.04. The van der Waals surface area contributed by atoms with Crippen LogP contribution in [-0.2, 0) is 11.3 Å². The summed E-state index contributed by atoms with van der Waals surface area (Å²) >= 11 is 0. The average molecular weight is 286 g/mol. The molecule has 1 heterocycles. The zero-order valence-electron chi connectivity index (χ0n) is 11.8. The van der Waals surface area contributed by atoms with E-state index in [4.69, 9.17) is 5.11 Å². The summed E-state index contributed by atoms with van der Waals surface area (Å²) in [7, 11) is 0. The Bertz CT molecular complexity index is 619. The van der Waals surface area contributed by atoms with Gasteiger partial charge in [-0.25, -0.2) is 4.79 Å². The van der Waals surface area contributed by atoms with Gasteiger partial charge in [0.25, 0.3) is 0 Å². The number of nitrogens with zero attached hydrogens (tertiary/aromatic N) is 1. The van der Waals surface area contributed by atoms with Crippen LogP contribution in [0.5, 0.6) is 0 Å². The molecule has 1 aromatic heterocycles. The first kappa shape index (κ1) is 14.8. The number of nitrogens with one attached hydrogen (secondary N) is 1. The third kappa shape index (κ3) is 3.95. The van der Waals surface area contributed by atoms with Crippen molar-refractivity contribution < 1.29 is 14.7 Å². The molecule has 0 fully saturated rings. The maximum atomic E-state index is 11.9. The van der Waals surface area contributed by atoms with Gasteiger partial charge in [-0.3, -0.25) is 4.79 Å². The van der Waals surface area contributed by atoms with Gasteiger partial charge in [0.2, 0.25) is 5.91 Å². The molecule has 5 heteroatoms. The summed E-state index contributed by atoms with van der Waals surface area (Å²) in [5, 5.41) is 11.8. The molecule has 2 N–H and O–H groups in total. The van der Waals surface area contributed by atoms with E-state index >= 15 is 0 Å². The van der Waals surface area contributed by atoms with E-state index in [2.05, 4.69) is 5.32 Å². The third-order valence-corrected chi connectivity index (χ3v) is 3.34. The lowest BCUT2D eigenvalue weighted by molar-refractivity contribution is -0.121. The SMILES string of the molecule is CC(CNC(=O)Cn1cccc1C(=O)O)c1ccccc1. The number of rotatable bonds is 6. The van der Waals surface area contributed by atoms with Crippen LogP contribution in [0.25, 0.3) is 0 Å². The number of hydrogen-bond donors (Lipinski definition) is 2. The summed E-state index contributed by atoms with van der Waals surface area (Å²) in [5.74, 6) is -1.03. The molecule has 110 valence electrons. The molecule has 0 aliphatic rings. The Hall–Kier alpha value is -2.56. The Morgan fingerprint density at radius 2 is 1.90 bits per heavy atom. The van der Waals surface area contributed by atoms with Crippen LogP contribution in [0, 0.1) is 0 Å². The fraction of sp³-hybridized carbons (Fsp3) is 0.250. The standard InChI is InChI=1S/C16H18N2O3/c1-12(13-6-3-2-4-7-13)10-17-15(19)11-18-9-5-8-14(18)16(20)21/h2-9,12H,10-11H2,1H3,(H,17,19)(H,20,21). The molecule has 0 saturated heterocycles. The molecule has 1 aromatic carbocycles. The molecule has 0 spiro atoms. The van der Waals surface area contributed by atoms with E-state index in [-0.39, 0.29) is 24.1 Å². The summed E-state index contributed by atoms with van der Waals surface area (Å²) in [4.78, 5) is 22.9. The molecule has 0 bridgehead atoms. The van der Waals surface area contributed by atoms with Crippen LogP contribution in [0.3, 0.4) is 0 Å². The van der Waals surface area contributed by atoms with Gasteiger partial charge in [-0.15, -0.1) is 0 Å². The molecule has 5 nitrogen and oxygen atoms in total. The Morgan fingerprint density at radius 3 is 2.57 bits per heavy atom. The van der Waals surface area contributed by atoms with Gasteiger partial charge in [0.05, 0.1) is 0 Å². The zero-order valence-corrected chi connectivity index (χ0v) is 11.8. The van der Waals surface area contributed by atoms with Gasteiger partial charge in [-0.05, 0) is 23.6 Å². The van der Waals surface area contributed by atoms with Gasteiger partial charge in [-0.1, -0.05) is 37.3 Å². The van der Waals surface area contributed by atoms with Crippen LogP contribution in [-0.4, -0.2) is 28.1 Å². The van der Waals surface area contributed by atoms with Crippen LogP contribution in [0.1, 0.15) is 28.9 Å². The zero-order chi connectivity index (χ0) is 15.2. The van der Waals surface area contributed by atoms with Crippen molar-refractivity contribution in [2.75, 3.05) is 6.54 Å². The predicted octanol–water partition coefficient (Wildman–Crippen LogP) is 2.11. The molecule has 2 aromatic rings. The molecule has 0 radical (unpaired) electrons. The Balaban J connectivity index is 1.88. The van der Waals surface area contributed by atoms with Crippen LogP contribution >= 0.6 is 0 Å². The van der Waals surface area contributed by atoms with Gasteiger partial charge in [-0.2, -0.15) is 0 Å². The summed E-state index contributed by atoms with van der Waals surface area (Å²) in [5.41, 5.74) is 1.27. The second kappa shape index (κ2) is 6.74. The van der Waals surface area contributed by atoms with Crippen molar-refractivity contribution in [2.24, 2.45) is 0 Å². The van der Waals surface area contributed by atoms with Gasteiger partial charge in [0.15, 0.2) is 0 Å². The van der Waals surface area contributed by atoms with E-state index in [9.17, 15) is 9.59 Å². The average Bonchev–Trinajstić information content (AvgIpc) is 2.94. The van der Waals surface area contributed by atoms with Gasteiger partial charge in [0.1, 0.15) is 12.2 Å². The minimum Gasteiger partial charge on any atom is -0.477 e. The lowest BCUT2D eigenvalue weighted by Crippen LogP contribution is -2.31. The van der Waals surface area contributed by atoms with E-state index in [1.807, 2.05) is 37.3 Å². The number of aromatic carboxylic acids is 1. The Kier molecular flexibility index (Phi) is 4.77. The second-order valence-electron chi connectivity index (χ2n) is 4.94. The van der Waals surface area contributed by atoms with Crippen molar-refractivity contribution in [3.8, 4) is 0 Å². The van der Waals surface area contributed by atoms with Crippen molar-refractivity contribution in [1.82, 2.24) is 9.88 Å². The quantitative estimate of drug-likeness (QED) is 0.854. The number of carboxylic acids is 1. The maximum Gasteiger partial charge on any atom is 0.352 e. The monoisotopic (exact) mass is 286 g/mol. The molecule has 2 rings (SSSR count). The molecule has 0 aliphatic heterocycles. The lowest BCUT2D eigenvalue weighted by atomic mass is 10.0. The summed E-state index contributed by atoms with van der Waals surface area (Å²) in [6, 6.07) is 13.0. The smallest absolute Gasteiger partial charge is 0.352 e. The van der Waals surface area contributed by atoms with Crippen LogP contribution in [0.15, 0.2) is 48.7 Å². The number of amides is 1. The van der Waals surface area contributed by atoms with Crippen molar-refractivity contribution in [1.29, 1.82) is 0 Å². The summed E-state index contributed by atoms with van der Waals surface area (Å²) < 4.78 is 1.42.